The van der Waals surface area contributed by atoms with E-state index in [0.29, 0.717) is 18.0 Å². The zero-order valence-electron chi connectivity index (χ0n) is 16.8. The maximum atomic E-state index is 13.3. The number of pyridine rings is 1. The lowest BCUT2D eigenvalue weighted by Crippen LogP contribution is -2.49. The predicted octanol–water partition coefficient (Wildman–Crippen LogP) is 2.43. The van der Waals surface area contributed by atoms with Gasteiger partial charge in [0.15, 0.2) is 0 Å². The number of rotatable bonds is 5. The Hall–Kier alpha value is -1.92. The van der Waals surface area contributed by atoms with E-state index in [1.54, 1.807) is 4.90 Å². The average molecular weight is 373 g/mol. The van der Waals surface area contributed by atoms with Crippen molar-refractivity contribution in [2.24, 2.45) is 5.92 Å². The Morgan fingerprint density at radius 1 is 1.44 bits per heavy atom. The first-order valence-corrected chi connectivity index (χ1v) is 9.83. The van der Waals surface area contributed by atoms with Gasteiger partial charge < -0.3 is 19.6 Å². The van der Waals surface area contributed by atoms with Crippen LogP contribution in [-0.4, -0.2) is 71.7 Å². The van der Waals surface area contributed by atoms with E-state index in [1.807, 2.05) is 33.3 Å². The zero-order chi connectivity index (χ0) is 19.6. The van der Waals surface area contributed by atoms with Crippen molar-refractivity contribution in [3.8, 4) is 5.88 Å². The van der Waals surface area contributed by atoms with Crippen molar-refractivity contribution in [2.75, 3.05) is 33.8 Å². The number of likely N-dealkylation sites (N-methyl/N-ethyl adjacent to an activating group) is 1. The second-order valence-corrected chi connectivity index (χ2v) is 8.08. The molecule has 27 heavy (non-hydrogen) atoms. The third-order valence-electron chi connectivity index (χ3n) is 5.48. The predicted molar refractivity (Wildman–Crippen MR) is 106 cm³/mol. The van der Waals surface area contributed by atoms with E-state index in [2.05, 4.69) is 22.9 Å². The Labute approximate surface area is 161 Å². The van der Waals surface area contributed by atoms with Crippen LogP contribution in [0.5, 0.6) is 5.88 Å². The van der Waals surface area contributed by atoms with Gasteiger partial charge in [-0.2, -0.15) is 0 Å². The molecule has 1 aliphatic carbocycles. The Bertz CT molecular complexity index is 717. The highest BCUT2D eigenvalue weighted by molar-refractivity contribution is 5.97. The molecular weight excluding hydrogens is 342 g/mol. The van der Waals surface area contributed by atoms with Crippen molar-refractivity contribution < 1.29 is 14.6 Å². The molecule has 1 aromatic heterocycles. The number of carbonyl (C=O) groups is 1. The van der Waals surface area contributed by atoms with Gasteiger partial charge in [0.05, 0.1) is 12.6 Å². The van der Waals surface area contributed by atoms with Gasteiger partial charge in [0, 0.05) is 25.2 Å². The molecule has 2 heterocycles. The van der Waals surface area contributed by atoms with E-state index in [1.165, 1.54) is 5.57 Å². The van der Waals surface area contributed by atoms with Crippen molar-refractivity contribution in [1.82, 2.24) is 14.8 Å². The minimum atomic E-state index is -0.250. The molecule has 3 atom stereocenters. The normalized spacial score (nSPS) is 24.1. The van der Waals surface area contributed by atoms with Crippen molar-refractivity contribution in [2.45, 2.75) is 45.3 Å². The molecule has 2 aliphatic rings. The van der Waals surface area contributed by atoms with Crippen molar-refractivity contribution in [1.29, 1.82) is 0 Å². The molecule has 148 valence electrons. The Kier molecular flexibility index (Phi) is 6.17. The number of ether oxygens (including phenoxy) is 1. The van der Waals surface area contributed by atoms with E-state index in [0.717, 1.165) is 31.4 Å². The highest BCUT2D eigenvalue weighted by Gasteiger charge is 2.34. The monoisotopic (exact) mass is 373 g/mol. The van der Waals surface area contributed by atoms with Crippen LogP contribution in [0.1, 0.15) is 49.0 Å². The van der Waals surface area contributed by atoms with Gasteiger partial charge in [-0.25, -0.2) is 4.98 Å². The molecule has 0 saturated heterocycles. The van der Waals surface area contributed by atoms with Crippen molar-refractivity contribution >= 4 is 11.5 Å². The molecule has 1 aliphatic heterocycles. The summed E-state index contributed by atoms with van der Waals surface area (Å²) < 4.78 is 6.23. The lowest BCUT2D eigenvalue weighted by Gasteiger charge is -2.37. The molecule has 1 aromatic rings. The first-order valence-electron chi connectivity index (χ1n) is 9.83. The van der Waals surface area contributed by atoms with Gasteiger partial charge >= 0.3 is 0 Å². The number of aromatic nitrogens is 1. The number of aliphatic hydroxyl groups excluding tert-OH is 1. The standard InChI is InChI=1S/C21H31N3O3/c1-14-11-24(15(2)13-25)21(26)18-9-17(16-7-5-6-8-16)10-22-20(18)27-19(14)12-23(3)4/h7,9-10,14-15,19,25H,5-6,8,11-13H2,1-4H3/t14-,15-,19-/m1/s1. The molecule has 0 radical (unpaired) electrons. The van der Waals surface area contributed by atoms with Crippen molar-refractivity contribution in [3.63, 3.8) is 0 Å². The Balaban J connectivity index is 2.02. The number of carbonyl (C=O) groups excluding carboxylic acids is 1. The molecule has 0 unspecified atom stereocenters. The lowest BCUT2D eigenvalue weighted by atomic mass is 9.99. The molecule has 3 rings (SSSR count). The van der Waals surface area contributed by atoms with Gasteiger partial charge in [-0.15, -0.1) is 0 Å². The fourth-order valence-electron chi connectivity index (χ4n) is 3.79. The van der Waals surface area contributed by atoms with Crippen molar-refractivity contribution in [3.05, 3.63) is 29.5 Å². The second kappa shape index (κ2) is 8.40. The van der Waals surface area contributed by atoms with Crippen LogP contribution >= 0.6 is 0 Å². The number of hydrogen-bond acceptors (Lipinski definition) is 5. The number of allylic oxidation sites excluding steroid dienone is 2. The summed E-state index contributed by atoms with van der Waals surface area (Å²) in [4.78, 5) is 21.7. The highest BCUT2D eigenvalue weighted by Crippen LogP contribution is 2.32. The molecule has 0 fully saturated rings. The van der Waals surface area contributed by atoms with Crippen LogP contribution in [0.2, 0.25) is 0 Å². The molecule has 6 heteroatoms. The first kappa shape index (κ1) is 19.8. The molecule has 0 bridgehead atoms. The van der Waals surface area contributed by atoms with E-state index in [-0.39, 0.29) is 30.6 Å². The second-order valence-electron chi connectivity index (χ2n) is 8.08. The SMILES string of the molecule is C[C@@H]1CN([C@H](C)CO)C(=O)c2cc(C3=CCCC3)cnc2O[C@@H]1CN(C)C. The first-order chi connectivity index (χ1) is 12.9. The summed E-state index contributed by atoms with van der Waals surface area (Å²) in [5, 5.41) is 9.68. The van der Waals surface area contributed by atoms with Gasteiger partial charge in [-0.3, -0.25) is 4.79 Å². The van der Waals surface area contributed by atoms with Crippen LogP contribution in [0.25, 0.3) is 5.57 Å². The molecule has 1 amide bonds. The summed E-state index contributed by atoms with van der Waals surface area (Å²) in [5.41, 5.74) is 2.74. The van der Waals surface area contributed by atoms with E-state index >= 15 is 0 Å². The number of fused-ring (bicyclic) bond motifs is 1. The van der Waals surface area contributed by atoms with Crippen LogP contribution in [0.4, 0.5) is 0 Å². The molecular formula is C21H31N3O3. The van der Waals surface area contributed by atoms with Crippen LogP contribution < -0.4 is 4.74 Å². The molecule has 6 nitrogen and oxygen atoms in total. The number of amides is 1. The van der Waals surface area contributed by atoms with Gasteiger partial charge in [0.25, 0.3) is 5.91 Å². The Morgan fingerprint density at radius 3 is 2.85 bits per heavy atom. The number of aliphatic hydroxyl groups is 1. The molecule has 1 N–H and O–H groups in total. The molecule has 0 saturated carbocycles. The third-order valence-corrected chi connectivity index (χ3v) is 5.48. The van der Waals surface area contributed by atoms with Gasteiger partial charge in [0.2, 0.25) is 5.88 Å². The van der Waals surface area contributed by atoms with E-state index in [4.69, 9.17) is 4.74 Å². The van der Waals surface area contributed by atoms with Gasteiger partial charge in [0.1, 0.15) is 11.7 Å². The molecule has 0 spiro atoms. The van der Waals surface area contributed by atoms with Crippen LogP contribution in [0.15, 0.2) is 18.3 Å². The highest BCUT2D eigenvalue weighted by atomic mass is 16.5. The smallest absolute Gasteiger partial charge is 0.259 e. The maximum Gasteiger partial charge on any atom is 0.259 e. The van der Waals surface area contributed by atoms with Crippen LogP contribution in [0.3, 0.4) is 0 Å². The quantitative estimate of drug-likeness (QED) is 0.859. The van der Waals surface area contributed by atoms with Crippen LogP contribution in [-0.2, 0) is 0 Å². The Morgan fingerprint density at radius 2 is 2.22 bits per heavy atom. The van der Waals surface area contributed by atoms with Crippen LogP contribution in [0, 0.1) is 5.92 Å². The van der Waals surface area contributed by atoms with Gasteiger partial charge in [-0.05, 0) is 57.5 Å². The summed E-state index contributed by atoms with van der Waals surface area (Å²) in [6, 6.07) is 1.67. The van der Waals surface area contributed by atoms with E-state index < -0.39 is 0 Å². The fraction of sp³-hybridized carbons (Fsp3) is 0.619. The summed E-state index contributed by atoms with van der Waals surface area (Å²) in [5.74, 6) is 0.406. The summed E-state index contributed by atoms with van der Waals surface area (Å²) >= 11 is 0. The zero-order valence-corrected chi connectivity index (χ0v) is 16.8. The largest absolute Gasteiger partial charge is 0.472 e. The van der Waals surface area contributed by atoms with E-state index in [9.17, 15) is 9.90 Å². The summed E-state index contributed by atoms with van der Waals surface area (Å²) in [6.45, 7) is 5.19. The lowest BCUT2D eigenvalue weighted by molar-refractivity contribution is 0.0348. The fourth-order valence-corrected chi connectivity index (χ4v) is 3.79. The van der Waals surface area contributed by atoms with Gasteiger partial charge in [-0.1, -0.05) is 13.0 Å². The summed E-state index contributed by atoms with van der Waals surface area (Å²) in [6.07, 6.45) is 7.21. The number of nitrogens with zero attached hydrogens (tertiary/aromatic N) is 3. The average Bonchev–Trinajstić information content (AvgIpc) is 3.18. The number of hydrogen-bond donors (Lipinski definition) is 1. The minimum Gasteiger partial charge on any atom is -0.472 e. The topological polar surface area (TPSA) is 65.9 Å². The summed E-state index contributed by atoms with van der Waals surface area (Å²) in [7, 11) is 4.02. The molecule has 0 aromatic carbocycles. The third kappa shape index (κ3) is 4.33. The maximum absolute atomic E-state index is 13.3. The minimum absolute atomic E-state index is 0.0642.